The summed E-state index contributed by atoms with van der Waals surface area (Å²) in [6, 6.07) is 6.92. The van der Waals surface area contributed by atoms with Crippen LogP contribution in [0.25, 0.3) is 0 Å². The average Bonchev–Trinajstić information content (AvgIpc) is 2.37. The average molecular weight is 248 g/mol. The van der Waals surface area contributed by atoms with Crippen molar-refractivity contribution in [1.82, 2.24) is 5.32 Å². The first-order chi connectivity index (χ1) is 8.67. The molecule has 6 nitrogen and oxygen atoms in total. The van der Waals surface area contributed by atoms with Crippen LogP contribution in [0.3, 0.4) is 0 Å². The molecule has 0 aliphatic rings. The summed E-state index contributed by atoms with van der Waals surface area (Å²) in [6.07, 6.45) is 0. The van der Waals surface area contributed by atoms with Gasteiger partial charge in [0.25, 0.3) is 0 Å². The number of benzene rings is 1. The van der Waals surface area contributed by atoms with Crippen molar-refractivity contribution in [3.8, 4) is 6.07 Å². The van der Waals surface area contributed by atoms with E-state index in [1.807, 2.05) is 6.07 Å². The van der Waals surface area contributed by atoms with Crippen molar-refractivity contribution in [3.05, 3.63) is 23.8 Å². The fourth-order valence-electron chi connectivity index (χ4n) is 1.31. The maximum Gasteiger partial charge on any atom is 0.239 e. The third-order valence-electron chi connectivity index (χ3n) is 2.25. The fourth-order valence-corrected chi connectivity index (χ4v) is 1.31. The summed E-state index contributed by atoms with van der Waals surface area (Å²) in [5, 5.41) is 14.3. The fraction of sp³-hybridized carbons (Fsp3) is 0.333. The minimum atomic E-state index is -0.130. The van der Waals surface area contributed by atoms with E-state index in [0.717, 1.165) is 0 Å². The molecule has 0 radical (unpaired) electrons. The van der Waals surface area contributed by atoms with Crippen molar-refractivity contribution < 1.29 is 9.53 Å². The Kier molecular flexibility index (Phi) is 5.48. The summed E-state index contributed by atoms with van der Waals surface area (Å²) in [7, 11) is 1.57. The first-order valence-electron chi connectivity index (χ1n) is 5.46. The van der Waals surface area contributed by atoms with Crippen molar-refractivity contribution in [1.29, 1.82) is 5.26 Å². The van der Waals surface area contributed by atoms with Crippen LogP contribution < -0.4 is 16.4 Å². The SMILES string of the molecule is COCCNC(=O)CNc1ccc(C#N)c(N)c1. The zero-order chi connectivity index (χ0) is 13.4. The molecule has 18 heavy (non-hydrogen) atoms. The Morgan fingerprint density at radius 2 is 2.33 bits per heavy atom. The van der Waals surface area contributed by atoms with Gasteiger partial charge in [-0.2, -0.15) is 5.26 Å². The van der Waals surface area contributed by atoms with Crippen LogP contribution in [-0.2, 0) is 9.53 Å². The van der Waals surface area contributed by atoms with Gasteiger partial charge in [0.2, 0.25) is 5.91 Å². The molecule has 0 unspecified atom stereocenters. The largest absolute Gasteiger partial charge is 0.398 e. The van der Waals surface area contributed by atoms with Gasteiger partial charge in [0.1, 0.15) is 6.07 Å². The van der Waals surface area contributed by atoms with Gasteiger partial charge in [0.15, 0.2) is 0 Å². The molecule has 0 bridgehead atoms. The van der Waals surface area contributed by atoms with E-state index in [0.29, 0.717) is 30.1 Å². The van der Waals surface area contributed by atoms with Crippen LogP contribution in [0, 0.1) is 11.3 Å². The second kappa shape index (κ2) is 7.14. The van der Waals surface area contributed by atoms with Gasteiger partial charge < -0.3 is 21.1 Å². The van der Waals surface area contributed by atoms with Crippen molar-refractivity contribution in [2.45, 2.75) is 0 Å². The lowest BCUT2D eigenvalue weighted by molar-refractivity contribution is -0.119. The van der Waals surface area contributed by atoms with Crippen LogP contribution in [0.4, 0.5) is 11.4 Å². The molecule has 0 aromatic heterocycles. The van der Waals surface area contributed by atoms with E-state index in [9.17, 15) is 4.79 Å². The summed E-state index contributed by atoms with van der Waals surface area (Å²) in [4.78, 5) is 11.4. The predicted molar refractivity (Wildman–Crippen MR) is 68.9 cm³/mol. The van der Waals surface area contributed by atoms with Crippen LogP contribution in [-0.4, -0.2) is 32.7 Å². The zero-order valence-electron chi connectivity index (χ0n) is 10.2. The highest BCUT2D eigenvalue weighted by Crippen LogP contribution is 2.16. The van der Waals surface area contributed by atoms with Crippen molar-refractivity contribution >= 4 is 17.3 Å². The lowest BCUT2D eigenvalue weighted by Crippen LogP contribution is -2.32. The summed E-state index contributed by atoms with van der Waals surface area (Å²) in [5.41, 5.74) is 7.17. The van der Waals surface area contributed by atoms with E-state index in [-0.39, 0.29) is 12.5 Å². The van der Waals surface area contributed by atoms with E-state index in [2.05, 4.69) is 10.6 Å². The van der Waals surface area contributed by atoms with Crippen molar-refractivity contribution in [2.75, 3.05) is 37.9 Å². The molecular weight excluding hydrogens is 232 g/mol. The summed E-state index contributed by atoms with van der Waals surface area (Å²) >= 11 is 0. The first-order valence-corrected chi connectivity index (χ1v) is 5.46. The van der Waals surface area contributed by atoms with Crippen LogP contribution in [0.5, 0.6) is 0 Å². The molecule has 6 heteroatoms. The first kappa shape index (κ1) is 13.8. The third kappa shape index (κ3) is 4.31. The molecule has 96 valence electrons. The second-order valence-corrected chi connectivity index (χ2v) is 3.61. The highest BCUT2D eigenvalue weighted by Gasteiger charge is 2.02. The number of nitrogens with zero attached hydrogens (tertiary/aromatic N) is 1. The summed E-state index contributed by atoms with van der Waals surface area (Å²) in [6.45, 7) is 1.11. The molecular formula is C12H16N4O2. The highest BCUT2D eigenvalue weighted by molar-refractivity contribution is 5.81. The van der Waals surface area contributed by atoms with Gasteiger partial charge in [-0.15, -0.1) is 0 Å². The molecule has 0 heterocycles. The van der Waals surface area contributed by atoms with E-state index in [4.69, 9.17) is 15.7 Å². The number of carbonyl (C=O) groups is 1. The number of nitrogens with two attached hydrogens (primary N) is 1. The number of hydrogen-bond acceptors (Lipinski definition) is 5. The molecule has 1 amide bonds. The van der Waals surface area contributed by atoms with Crippen molar-refractivity contribution in [2.24, 2.45) is 0 Å². The zero-order valence-corrected chi connectivity index (χ0v) is 10.2. The smallest absolute Gasteiger partial charge is 0.239 e. The number of nitrogen functional groups attached to an aromatic ring is 1. The molecule has 0 saturated carbocycles. The van der Waals surface area contributed by atoms with Gasteiger partial charge in [-0.1, -0.05) is 0 Å². The third-order valence-corrected chi connectivity index (χ3v) is 2.25. The van der Waals surface area contributed by atoms with E-state index >= 15 is 0 Å². The maximum atomic E-state index is 11.4. The molecule has 4 N–H and O–H groups in total. The van der Waals surface area contributed by atoms with Crippen LogP contribution >= 0.6 is 0 Å². The molecule has 1 aromatic carbocycles. The van der Waals surface area contributed by atoms with Gasteiger partial charge in [-0.25, -0.2) is 0 Å². The number of nitriles is 1. The predicted octanol–water partition coefficient (Wildman–Crippen LogP) is 0.315. The molecule has 1 aromatic rings. The van der Waals surface area contributed by atoms with Gasteiger partial charge in [-0.3, -0.25) is 4.79 Å². The molecule has 0 saturated heterocycles. The number of methoxy groups -OCH3 is 1. The minimum Gasteiger partial charge on any atom is -0.398 e. The Hall–Kier alpha value is -2.26. The van der Waals surface area contributed by atoms with E-state index in [1.165, 1.54) is 0 Å². The number of carbonyl (C=O) groups excluding carboxylic acids is 1. The Balaban J connectivity index is 2.42. The quantitative estimate of drug-likeness (QED) is 0.497. The second-order valence-electron chi connectivity index (χ2n) is 3.61. The molecule has 0 fully saturated rings. The van der Waals surface area contributed by atoms with Gasteiger partial charge in [-0.05, 0) is 18.2 Å². The molecule has 0 aliphatic carbocycles. The Bertz CT molecular complexity index is 454. The Morgan fingerprint density at radius 1 is 1.56 bits per heavy atom. The molecule has 0 atom stereocenters. The lowest BCUT2D eigenvalue weighted by Gasteiger charge is -2.08. The standard InChI is InChI=1S/C12H16N4O2/c1-18-5-4-15-12(17)8-16-10-3-2-9(7-13)11(14)6-10/h2-3,6,16H,4-5,8,14H2,1H3,(H,15,17). The highest BCUT2D eigenvalue weighted by atomic mass is 16.5. The number of nitrogens with one attached hydrogen (secondary N) is 2. The summed E-state index contributed by atoms with van der Waals surface area (Å²) in [5.74, 6) is -0.130. The van der Waals surface area contributed by atoms with E-state index in [1.54, 1.807) is 25.3 Å². The number of ether oxygens (including phenoxy) is 1. The Labute approximate surface area is 106 Å². The van der Waals surface area contributed by atoms with Crippen LogP contribution in [0.2, 0.25) is 0 Å². The maximum absolute atomic E-state index is 11.4. The normalized spacial score (nSPS) is 9.56. The van der Waals surface area contributed by atoms with E-state index < -0.39 is 0 Å². The van der Waals surface area contributed by atoms with Crippen LogP contribution in [0.1, 0.15) is 5.56 Å². The lowest BCUT2D eigenvalue weighted by atomic mass is 10.2. The summed E-state index contributed by atoms with van der Waals surface area (Å²) < 4.78 is 4.81. The number of amides is 1. The van der Waals surface area contributed by atoms with Gasteiger partial charge in [0.05, 0.1) is 24.4 Å². The van der Waals surface area contributed by atoms with Crippen molar-refractivity contribution in [3.63, 3.8) is 0 Å². The van der Waals surface area contributed by atoms with Gasteiger partial charge in [0, 0.05) is 19.3 Å². The number of rotatable bonds is 6. The molecule has 0 aliphatic heterocycles. The molecule has 0 spiro atoms. The van der Waals surface area contributed by atoms with Crippen LogP contribution in [0.15, 0.2) is 18.2 Å². The minimum absolute atomic E-state index is 0.130. The Morgan fingerprint density at radius 3 is 2.94 bits per heavy atom. The monoisotopic (exact) mass is 248 g/mol. The number of anilines is 2. The van der Waals surface area contributed by atoms with Gasteiger partial charge >= 0.3 is 0 Å². The molecule has 1 rings (SSSR count). The topological polar surface area (TPSA) is 100 Å². The number of hydrogen-bond donors (Lipinski definition) is 3.